The number of aryl methyl sites for hydroxylation is 1. The third-order valence-electron chi connectivity index (χ3n) is 5.78. The Kier molecular flexibility index (Phi) is 5.67. The lowest BCUT2D eigenvalue weighted by atomic mass is 9.94. The summed E-state index contributed by atoms with van der Waals surface area (Å²) in [5.74, 6) is 0.0267. The Morgan fingerprint density at radius 3 is 2.41 bits per heavy atom. The number of hydrogen-bond donors (Lipinski definition) is 1. The molecule has 0 spiro atoms. The Hall–Kier alpha value is -3.91. The number of rotatable bonds is 4. The van der Waals surface area contributed by atoms with E-state index in [-0.39, 0.29) is 17.7 Å². The van der Waals surface area contributed by atoms with Crippen molar-refractivity contribution in [1.29, 1.82) is 0 Å². The van der Waals surface area contributed by atoms with E-state index < -0.39 is 0 Å². The van der Waals surface area contributed by atoms with Gasteiger partial charge in [0.15, 0.2) is 5.11 Å². The highest BCUT2D eigenvalue weighted by Crippen LogP contribution is 2.39. The van der Waals surface area contributed by atoms with Gasteiger partial charge in [0.25, 0.3) is 5.89 Å². The minimum absolute atomic E-state index is 0.288. The third kappa shape index (κ3) is 3.97. The van der Waals surface area contributed by atoms with Gasteiger partial charge in [0.2, 0.25) is 5.82 Å². The van der Waals surface area contributed by atoms with E-state index in [1.54, 1.807) is 31.2 Å². The van der Waals surface area contributed by atoms with E-state index in [9.17, 15) is 8.78 Å². The molecule has 4 aromatic rings. The quantitative estimate of drug-likeness (QED) is 0.356. The molecule has 1 aliphatic heterocycles. The van der Waals surface area contributed by atoms with E-state index >= 15 is 0 Å². The van der Waals surface area contributed by atoms with Crippen molar-refractivity contribution in [2.75, 3.05) is 4.90 Å². The van der Waals surface area contributed by atoms with Crippen molar-refractivity contribution in [2.45, 2.75) is 19.9 Å². The largest absolute Gasteiger partial charge is 0.351 e. The normalized spacial score (nSPS) is 16.1. The molecule has 1 N–H and O–H groups in total. The topological polar surface area (TPSA) is 54.2 Å². The molecule has 0 bridgehead atoms. The van der Waals surface area contributed by atoms with Crippen molar-refractivity contribution < 1.29 is 13.3 Å². The molecule has 1 unspecified atom stereocenters. The van der Waals surface area contributed by atoms with E-state index in [1.807, 2.05) is 42.2 Å². The van der Waals surface area contributed by atoms with Gasteiger partial charge in [0, 0.05) is 16.9 Å². The maximum Gasteiger partial charge on any atom is 0.258 e. The van der Waals surface area contributed by atoms with Gasteiger partial charge < -0.3 is 9.84 Å². The number of nitrogens with one attached hydrogen (secondary N) is 1. The smallest absolute Gasteiger partial charge is 0.258 e. The van der Waals surface area contributed by atoms with Crippen molar-refractivity contribution in [2.24, 2.45) is 0 Å². The van der Waals surface area contributed by atoms with Crippen LogP contribution in [-0.2, 0) is 0 Å². The van der Waals surface area contributed by atoms with Crippen LogP contribution in [0.3, 0.4) is 0 Å². The number of thiocarbonyl (C=S) groups is 1. The molecular weight excluding hydrogens is 454 g/mol. The SMILES string of the molecule is CC1=C(c2nc(-c3ccc(F)cc3)no2)C(c2ccccc2)NC(=S)N1c1ccc(F)c(C)c1. The van der Waals surface area contributed by atoms with Gasteiger partial charge in [0.1, 0.15) is 11.6 Å². The number of allylic oxidation sites excluding steroid dienone is 1. The Morgan fingerprint density at radius 2 is 1.71 bits per heavy atom. The van der Waals surface area contributed by atoms with Gasteiger partial charge in [-0.15, -0.1) is 0 Å². The lowest BCUT2D eigenvalue weighted by Crippen LogP contribution is -2.46. The van der Waals surface area contributed by atoms with Crippen LogP contribution in [0.15, 0.2) is 83.0 Å². The van der Waals surface area contributed by atoms with Crippen molar-refractivity contribution >= 4 is 28.6 Å². The molecule has 5 nitrogen and oxygen atoms in total. The molecule has 1 aliphatic rings. The first kappa shape index (κ1) is 21.9. The van der Waals surface area contributed by atoms with E-state index in [1.165, 1.54) is 18.2 Å². The second-order valence-electron chi connectivity index (χ2n) is 7.99. The number of nitrogens with zero attached hydrogens (tertiary/aromatic N) is 3. The fraction of sp³-hybridized carbons (Fsp3) is 0.115. The molecule has 0 fully saturated rings. The fourth-order valence-corrected chi connectivity index (χ4v) is 4.40. The highest BCUT2D eigenvalue weighted by molar-refractivity contribution is 7.80. The second-order valence-corrected chi connectivity index (χ2v) is 8.38. The molecule has 34 heavy (non-hydrogen) atoms. The zero-order chi connectivity index (χ0) is 23.8. The van der Waals surface area contributed by atoms with Crippen molar-refractivity contribution in [1.82, 2.24) is 15.5 Å². The van der Waals surface area contributed by atoms with Crippen molar-refractivity contribution in [3.63, 3.8) is 0 Å². The van der Waals surface area contributed by atoms with E-state index in [2.05, 4.69) is 15.5 Å². The highest BCUT2D eigenvalue weighted by atomic mass is 32.1. The van der Waals surface area contributed by atoms with Crippen molar-refractivity contribution in [3.05, 3.63) is 107 Å². The molecule has 0 radical (unpaired) electrons. The first-order valence-electron chi connectivity index (χ1n) is 10.6. The zero-order valence-corrected chi connectivity index (χ0v) is 19.2. The van der Waals surface area contributed by atoms with E-state index in [4.69, 9.17) is 16.7 Å². The third-order valence-corrected chi connectivity index (χ3v) is 6.08. The summed E-state index contributed by atoms with van der Waals surface area (Å²) in [5.41, 5.74) is 4.35. The van der Waals surface area contributed by atoms with Crippen LogP contribution in [-0.4, -0.2) is 15.3 Å². The summed E-state index contributed by atoms with van der Waals surface area (Å²) in [7, 11) is 0. The minimum atomic E-state index is -0.342. The lowest BCUT2D eigenvalue weighted by molar-refractivity contribution is 0.404. The lowest BCUT2D eigenvalue weighted by Gasteiger charge is -2.37. The maximum absolute atomic E-state index is 13.9. The average Bonchev–Trinajstić information content (AvgIpc) is 3.31. The van der Waals surface area contributed by atoms with E-state index in [0.717, 1.165) is 22.5 Å². The number of benzene rings is 3. The highest BCUT2D eigenvalue weighted by Gasteiger charge is 2.34. The number of aromatic nitrogens is 2. The van der Waals surface area contributed by atoms with Crippen LogP contribution in [0.1, 0.15) is 30.0 Å². The molecule has 2 heterocycles. The van der Waals surface area contributed by atoms with Crippen LogP contribution in [0.5, 0.6) is 0 Å². The molecule has 3 aromatic carbocycles. The van der Waals surface area contributed by atoms with Gasteiger partial charge in [-0.1, -0.05) is 35.5 Å². The summed E-state index contributed by atoms with van der Waals surface area (Å²) in [6.07, 6.45) is 0. The average molecular weight is 475 g/mol. The molecule has 0 saturated heterocycles. The van der Waals surface area contributed by atoms with Gasteiger partial charge in [-0.05, 0) is 79.7 Å². The standard InChI is InChI=1S/C26H20F2N4OS/c1-15-14-20(12-13-21(15)28)32-16(2)22(23(29-26(32)34)17-6-4-3-5-7-17)25-30-24(31-33-25)18-8-10-19(27)11-9-18/h3-14,23H,1-2H3,(H,29,34). The summed E-state index contributed by atoms with van der Waals surface area (Å²) in [6, 6.07) is 20.2. The predicted octanol–water partition coefficient (Wildman–Crippen LogP) is 6.19. The first-order chi connectivity index (χ1) is 16.4. The second kappa shape index (κ2) is 8.79. The fourth-order valence-electron chi connectivity index (χ4n) is 4.04. The molecular formula is C26H20F2N4OS. The molecule has 0 amide bonds. The van der Waals surface area contributed by atoms with Gasteiger partial charge in [0.05, 0.1) is 11.6 Å². The van der Waals surface area contributed by atoms with Crippen LogP contribution in [0.4, 0.5) is 14.5 Å². The molecule has 8 heteroatoms. The number of anilines is 1. The van der Waals surface area contributed by atoms with Gasteiger partial charge in [-0.3, -0.25) is 4.90 Å². The maximum atomic E-state index is 13.9. The van der Waals surface area contributed by atoms with Crippen LogP contribution in [0.25, 0.3) is 17.0 Å². The molecule has 170 valence electrons. The predicted molar refractivity (Wildman–Crippen MR) is 131 cm³/mol. The molecule has 1 atom stereocenters. The first-order valence-corrected chi connectivity index (χ1v) is 11.1. The van der Waals surface area contributed by atoms with Gasteiger partial charge in [-0.2, -0.15) is 4.98 Å². The number of hydrogen-bond acceptors (Lipinski definition) is 4. The molecule has 0 aliphatic carbocycles. The van der Waals surface area contributed by atoms with E-state index in [0.29, 0.717) is 28.0 Å². The molecule has 5 rings (SSSR count). The summed E-state index contributed by atoms with van der Waals surface area (Å²) >= 11 is 5.72. The number of halogens is 2. The summed E-state index contributed by atoms with van der Waals surface area (Å²) in [6.45, 7) is 3.62. The summed E-state index contributed by atoms with van der Waals surface area (Å²) in [4.78, 5) is 6.45. The summed E-state index contributed by atoms with van der Waals surface area (Å²) < 4.78 is 33.0. The van der Waals surface area contributed by atoms with Crippen LogP contribution in [0.2, 0.25) is 0 Å². The molecule has 0 saturated carbocycles. The van der Waals surface area contributed by atoms with Crippen LogP contribution in [0, 0.1) is 18.6 Å². The monoisotopic (exact) mass is 474 g/mol. The van der Waals surface area contributed by atoms with Gasteiger partial charge >= 0.3 is 0 Å². The van der Waals surface area contributed by atoms with Crippen molar-refractivity contribution in [3.8, 4) is 11.4 Å². The Labute approximate surface area is 200 Å². The minimum Gasteiger partial charge on any atom is -0.351 e. The Bertz CT molecular complexity index is 1400. The Morgan fingerprint density at radius 1 is 0.971 bits per heavy atom. The molecule has 1 aromatic heterocycles. The van der Waals surface area contributed by atoms with Crippen LogP contribution < -0.4 is 10.2 Å². The summed E-state index contributed by atoms with van der Waals surface area (Å²) in [5, 5.41) is 7.98. The Balaban J connectivity index is 1.65. The van der Waals surface area contributed by atoms with Crippen LogP contribution >= 0.6 is 12.2 Å². The van der Waals surface area contributed by atoms with Gasteiger partial charge in [-0.25, -0.2) is 8.78 Å². The zero-order valence-electron chi connectivity index (χ0n) is 18.4.